The summed E-state index contributed by atoms with van der Waals surface area (Å²) in [6.45, 7) is 1.17. The van der Waals surface area contributed by atoms with Crippen molar-refractivity contribution in [2.24, 2.45) is 0 Å². The molecule has 172 valence electrons. The summed E-state index contributed by atoms with van der Waals surface area (Å²) in [5.74, 6) is -0.630. The number of nitrogens with zero attached hydrogens (tertiary/aromatic N) is 4. The van der Waals surface area contributed by atoms with Crippen molar-refractivity contribution in [3.63, 3.8) is 0 Å². The number of benzene rings is 2. The summed E-state index contributed by atoms with van der Waals surface area (Å²) in [6, 6.07) is 13.4. The molecule has 0 unspecified atom stereocenters. The van der Waals surface area contributed by atoms with Crippen LogP contribution in [0.5, 0.6) is 5.75 Å². The zero-order valence-corrected chi connectivity index (χ0v) is 18.7. The van der Waals surface area contributed by atoms with Crippen LogP contribution in [-0.2, 0) is 17.9 Å². The Bertz CT molecular complexity index is 1460. The molecule has 0 saturated heterocycles. The average molecular weight is 479 g/mol. The molecule has 9 nitrogen and oxygen atoms in total. The van der Waals surface area contributed by atoms with Crippen molar-refractivity contribution in [2.45, 2.75) is 26.0 Å². The highest BCUT2D eigenvalue weighted by Gasteiger charge is 2.35. The van der Waals surface area contributed by atoms with Gasteiger partial charge in [0, 0.05) is 18.1 Å². The van der Waals surface area contributed by atoms with Gasteiger partial charge in [-0.1, -0.05) is 28.9 Å². The van der Waals surface area contributed by atoms with E-state index in [9.17, 15) is 14.4 Å². The van der Waals surface area contributed by atoms with E-state index in [1.54, 1.807) is 35.1 Å². The average Bonchev–Trinajstić information content (AvgIpc) is 3.38. The number of para-hydroxylation sites is 1. The number of anilines is 1. The Morgan fingerprint density at radius 3 is 2.71 bits per heavy atom. The monoisotopic (exact) mass is 478 g/mol. The molecule has 0 aliphatic carbocycles. The number of halogens is 1. The topological polar surface area (TPSA) is 108 Å². The molecule has 1 amide bonds. The van der Waals surface area contributed by atoms with Gasteiger partial charge in [-0.2, -0.15) is 0 Å². The number of hydrogen-bond donors (Lipinski definition) is 0. The number of amides is 1. The zero-order valence-electron chi connectivity index (χ0n) is 17.9. The molecule has 0 spiro atoms. The molecule has 1 aliphatic heterocycles. The van der Waals surface area contributed by atoms with E-state index in [0.717, 1.165) is 6.42 Å². The van der Waals surface area contributed by atoms with Crippen LogP contribution >= 0.6 is 11.6 Å². The lowest BCUT2D eigenvalue weighted by molar-refractivity contribution is -0.114. The number of fused-ring (bicyclic) bond motifs is 2. The van der Waals surface area contributed by atoms with Crippen molar-refractivity contribution in [1.29, 1.82) is 0 Å². The molecule has 2 aromatic heterocycles. The molecule has 0 atom stereocenters. The standard InChI is InChI=1S/C24H19ClN4O5/c25-15-7-8-19-18(11-15)23(31)24(32)29(19)10-4-3-9-28-13-16(26-27-28)14-33-21-12-22(30)34-20-6-2-1-5-17(20)21/h1-2,5-8,11-13H,3-4,9-10,14H2. The van der Waals surface area contributed by atoms with E-state index < -0.39 is 17.3 Å². The number of ether oxygens (including phenoxy) is 1. The van der Waals surface area contributed by atoms with Gasteiger partial charge in [-0.3, -0.25) is 14.3 Å². The summed E-state index contributed by atoms with van der Waals surface area (Å²) < 4.78 is 12.7. The Labute approximate surface area is 198 Å². The number of unbranched alkanes of at least 4 members (excludes halogenated alkanes) is 1. The summed E-state index contributed by atoms with van der Waals surface area (Å²) in [6.07, 6.45) is 3.18. The molecular weight excluding hydrogens is 460 g/mol. The number of carbonyl (C=O) groups is 2. The minimum Gasteiger partial charge on any atom is -0.486 e. The normalized spacial score (nSPS) is 13.0. The highest BCUT2D eigenvalue weighted by atomic mass is 35.5. The van der Waals surface area contributed by atoms with E-state index in [0.29, 0.717) is 58.2 Å². The third kappa shape index (κ3) is 4.29. The summed E-state index contributed by atoms with van der Waals surface area (Å²) in [5, 5.41) is 9.35. The maximum atomic E-state index is 12.3. The summed E-state index contributed by atoms with van der Waals surface area (Å²) >= 11 is 5.95. The third-order valence-electron chi connectivity index (χ3n) is 5.53. The number of aromatic nitrogens is 3. The Morgan fingerprint density at radius 2 is 1.82 bits per heavy atom. The molecule has 0 saturated carbocycles. The molecule has 5 rings (SSSR count). The van der Waals surface area contributed by atoms with Crippen molar-refractivity contribution < 1.29 is 18.7 Å². The SMILES string of the molecule is O=C1C(=O)N(CCCCn2cc(COc3cc(=O)oc4ccccc34)nn2)c2ccc(Cl)cc21. The quantitative estimate of drug-likeness (QED) is 0.216. The van der Waals surface area contributed by atoms with Gasteiger partial charge in [-0.25, -0.2) is 4.79 Å². The summed E-state index contributed by atoms with van der Waals surface area (Å²) in [7, 11) is 0. The van der Waals surface area contributed by atoms with Gasteiger partial charge in [-0.05, 0) is 43.2 Å². The molecule has 0 radical (unpaired) electrons. The second kappa shape index (κ2) is 9.11. The van der Waals surface area contributed by atoms with Gasteiger partial charge in [0.05, 0.1) is 28.9 Å². The van der Waals surface area contributed by atoms with E-state index in [1.165, 1.54) is 17.0 Å². The molecule has 0 fully saturated rings. The molecule has 10 heteroatoms. The predicted molar refractivity (Wildman–Crippen MR) is 124 cm³/mol. The van der Waals surface area contributed by atoms with Gasteiger partial charge < -0.3 is 14.1 Å². The minimum atomic E-state index is -0.528. The van der Waals surface area contributed by atoms with Crippen LogP contribution in [0.25, 0.3) is 11.0 Å². The number of ketones is 1. The number of aryl methyl sites for hydroxylation is 1. The lowest BCUT2D eigenvalue weighted by atomic mass is 10.1. The van der Waals surface area contributed by atoms with Crippen molar-refractivity contribution in [3.8, 4) is 5.75 Å². The van der Waals surface area contributed by atoms with Gasteiger partial charge in [0.15, 0.2) is 0 Å². The maximum Gasteiger partial charge on any atom is 0.339 e. The van der Waals surface area contributed by atoms with Crippen LogP contribution in [-0.4, -0.2) is 33.2 Å². The second-order valence-corrected chi connectivity index (χ2v) is 8.28. The first-order chi connectivity index (χ1) is 16.5. The Balaban J connectivity index is 1.15. The molecule has 4 aromatic rings. The van der Waals surface area contributed by atoms with Crippen molar-refractivity contribution in [1.82, 2.24) is 15.0 Å². The lowest BCUT2D eigenvalue weighted by Crippen LogP contribution is -2.30. The summed E-state index contributed by atoms with van der Waals surface area (Å²) in [4.78, 5) is 37.7. The first-order valence-corrected chi connectivity index (χ1v) is 11.1. The van der Waals surface area contributed by atoms with Crippen LogP contribution < -0.4 is 15.3 Å². The molecule has 0 bridgehead atoms. The third-order valence-corrected chi connectivity index (χ3v) is 5.76. The number of hydrogen-bond acceptors (Lipinski definition) is 7. The van der Waals surface area contributed by atoms with Gasteiger partial charge >= 0.3 is 5.63 Å². The van der Waals surface area contributed by atoms with Crippen molar-refractivity contribution in [3.05, 3.63) is 81.4 Å². The molecule has 3 heterocycles. The zero-order chi connectivity index (χ0) is 23.7. The van der Waals surface area contributed by atoms with E-state index >= 15 is 0 Å². The fourth-order valence-corrected chi connectivity index (χ4v) is 4.08. The molecule has 2 aromatic carbocycles. The highest BCUT2D eigenvalue weighted by Crippen LogP contribution is 2.31. The smallest absolute Gasteiger partial charge is 0.339 e. The van der Waals surface area contributed by atoms with E-state index in [-0.39, 0.29) is 6.61 Å². The van der Waals surface area contributed by atoms with Gasteiger partial charge in [-0.15, -0.1) is 5.10 Å². The number of carbonyl (C=O) groups excluding carboxylic acids is 2. The van der Waals surface area contributed by atoms with Crippen LogP contribution in [0.3, 0.4) is 0 Å². The summed E-state index contributed by atoms with van der Waals surface area (Å²) in [5.41, 5.74) is 1.53. The molecule has 1 aliphatic rings. The van der Waals surface area contributed by atoms with Crippen LogP contribution in [0.4, 0.5) is 5.69 Å². The van der Waals surface area contributed by atoms with Gasteiger partial charge in [0.2, 0.25) is 0 Å². The van der Waals surface area contributed by atoms with E-state index in [4.69, 9.17) is 20.8 Å². The highest BCUT2D eigenvalue weighted by molar-refractivity contribution is 6.52. The predicted octanol–water partition coefficient (Wildman–Crippen LogP) is 3.63. The van der Waals surface area contributed by atoms with E-state index in [2.05, 4.69) is 10.3 Å². The Hall–Kier alpha value is -3.98. The minimum absolute atomic E-state index is 0.150. The fraction of sp³-hybridized carbons (Fsp3) is 0.208. The Morgan fingerprint density at radius 1 is 1.00 bits per heavy atom. The lowest BCUT2D eigenvalue weighted by Gasteiger charge is -2.16. The molecule has 0 N–H and O–H groups in total. The number of Topliss-reactive ketones (excluding diaryl/α,β-unsaturated/α-hetero) is 1. The van der Waals surface area contributed by atoms with Crippen LogP contribution in [0, 0.1) is 0 Å². The van der Waals surface area contributed by atoms with Crippen molar-refractivity contribution >= 4 is 39.9 Å². The van der Waals surface area contributed by atoms with Crippen LogP contribution in [0.15, 0.2) is 63.9 Å². The molecule has 34 heavy (non-hydrogen) atoms. The van der Waals surface area contributed by atoms with Crippen molar-refractivity contribution in [2.75, 3.05) is 11.4 Å². The van der Waals surface area contributed by atoms with Gasteiger partial charge in [0.25, 0.3) is 11.7 Å². The molecular formula is C24H19ClN4O5. The first-order valence-electron chi connectivity index (χ1n) is 10.7. The largest absolute Gasteiger partial charge is 0.486 e. The fourth-order valence-electron chi connectivity index (χ4n) is 3.91. The second-order valence-electron chi connectivity index (χ2n) is 7.84. The van der Waals surface area contributed by atoms with E-state index in [1.807, 2.05) is 12.1 Å². The first kappa shape index (κ1) is 21.8. The van der Waals surface area contributed by atoms with Gasteiger partial charge in [0.1, 0.15) is 23.6 Å². The number of rotatable bonds is 8. The van der Waals surface area contributed by atoms with Crippen LogP contribution in [0.2, 0.25) is 5.02 Å². The Kier molecular flexibility index (Phi) is 5.85. The maximum absolute atomic E-state index is 12.3. The van der Waals surface area contributed by atoms with Crippen LogP contribution in [0.1, 0.15) is 28.9 Å².